The molecule has 0 amide bonds. The van der Waals surface area contributed by atoms with E-state index in [2.05, 4.69) is 5.10 Å². The highest BCUT2D eigenvalue weighted by Crippen LogP contribution is 2.25. The van der Waals surface area contributed by atoms with E-state index in [0.717, 1.165) is 5.56 Å². The Hall–Kier alpha value is -2.56. The summed E-state index contributed by atoms with van der Waals surface area (Å²) >= 11 is 0. The molecule has 0 N–H and O–H groups in total. The number of methoxy groups -OCH3 is 2. The Morgan fingerprint density at radius 2 is 2.05 bits per heavy atom. The van der Waals surface area contributed by atoms with Crippen LogP contribution in [-0.2, 0) is 7.05 Å². The molecule has 0 aliphatic rings. The zero-order chi connectivity index (χ0) is 15.4. The second-order valence-electron chi connectivity index (χ2n) is 4.61. The van der Waals surface area contributed by atoms with Gasteiger partial charge >= 0.3 is 0 Å². The zero-order valence-corrected chi connectivity index (χ0v) is 12.6. The van der Waals surface area contributed by atoms with Crippen LogP contribution in [0.15, 0.2) is 30.5 Å². The lowest BCUT2D eigenvalue weighted by Crippen LogP contribution is -1.95. The lowest BCUT2D eigenvalue weighted by molar-refractivity contribution is 0.104. The molecule has 2 rings (SSSR count). The number of aromatic nitrogens is 2. The molecule has 21 heavy (non-hydrogen) atoms. The highest BCUT2D eigenvalue weighted by molar-refractivity contribution is 6.07. The molecule has 0 saturated carbocycles. The maximum Gasteiger partial charge on any atom is 0.189 e. The van der Waals surface area contributed by atoms with Crippen LogP contribution < -0.4 is 9.47 Å². The van der Waals surface area contributed by atoms with Crippen molar-refractivity contribution in [3.63, 3.8) is 0 Å². The largest absolute Gasteiger partial charge is 0.497 e. The second kappa shape index (κ2) is 6.26. The first kappa shape index (κ1) is 14.8. The summed E-state index contributed by atoms with van der Waals surface area (Å²) in [6.45, 7) is 1.81. The maximum absolute atomic E-state index is 12.2. The molecular formula is C16H18N2O3. The van der Waals surface area contributed by atoms with Gasteiger partial charge in [0.25, 0.3) is 0 Å². The van der Waals surface area contributed by atoms with Gasteiger partial charge in [-0.1, -0.05) is 0 Å². The lowest BCUT2D eigenvalue weighted by atomic mass is 10.1. The number of rotatable bonds is 5. The van der Waals surface area contributed by atoms with E-state index in [4.69, 9.17) is 9.47 Å². The van der Waals surface area contributed by atoms with E-state index < -0.39 is 0 Å². The van der Waals surface area contributed by atoms with Gasteiger partial charge in [-0.2, -0.15) is 5.10 Å². The summed E-state index contributed by atoms with van der Waals surface area (Å²) in [6.07, 6.45) is 4.97. The van der Waals surface area contributed by atoms with E-state index >= 15 is 0 Å². The maximum atomic E-state index is 12.2. The van der Waals surface area contributed by atoms with Crippen molar-refractivity contribution in [2.24, 2.45) is 7.05 Å². The third-order valence-corrected chi connectivity index (χ3v) is 3.13. The number of allylic oxidation sites excluding steroid dienone is 1. The fourth-order valence-electron chi connectivity index (χ4n) is 2.05. The predicted molar refractivity (Wildman–Crippen MR) is 80.9 cm³/mol. The van der Waals surface area contributed by atoms with Crippen LogP contribution in [0.5, 0.6) is 11.5 Å². The fourth-order valence-corrected chi connectivity index (χ4v) is 2.05. The molecule has 1 aromatic carbocycles. The Morgan fingerprint density at radius 3 is 2.62 bits per heavy atom. The number of benzene rings is 1. The number of carbonyl (C=O) groups excluding carboxylic acids is 1. The number of ether oxygens (including phenoxy) is 2. The summed E-state index contributed by atoms with van der Waals surface area (Å²) in [5.41, 5.74) is 2.13. The summed E-state index contributed by atoms with van der Waals surface area (Å²) in [7, 11) is 4.97. The minimum atomic E-state index is -0.0847. The Balaban J connectivity index is 2.25. The number of aryl methyl sites for hydroxylation is 2. The van der Waals surface area contributed by atoms with Gasteiger partial charge in [-0.05, 0) is 31.2 Å². The smallest absolute Gasteiger partial charge is 0.189 e. The molecule has 0 fully saturated rings. The molecule has 1 heterocycles. The molecular weight excluding hydrogens is 268 g/mol. The SMILES string of the molecule is COc1ccc(/C=C/C(=O)c2cn(C)nc2C)c(OC)c1. The molecule has 5 heteroatoms. The molecule has 0 atom stereocenters. The standard InChI is InChI=1S/C16H18N2O3/c1-11-14(10-18(2)17-11)15(19)8-6-12-5-7-13(20-3)9-16(12)21-4/h5-10H,1-4H3/b8-6+. The van der Waals surface area contributed by atoms with Crippen molar-refractivity contribution in [1.29, 1.82) is 0 Å². The van der Waals surface area contributed by atoms with E-state index in [1.807, 2.05) is 19.1 Å². The molecule has 0 aliphatic carbocycles. The highest BCUT2D eigenvalue weighted by atomic mass is 16.5. The fraction of sp³-hybridized carbons (Fsp3) is 0.250. The van der Waals surface area contributed by atoms with Crippen LogP contribution in [-0.4, -0.2) is 29.8 Å². The molecule has 110 valence electrons. The third kappa shape index (κ3) is 3.31. The highest BCUT2D eigenvalue weighted by Gasteiger charge is 2.10. The minimum absolute atomic E-state index is 0.0847. The predicted octanol–water partition coefficient (Wildman–Crippen LogP) is 2.64. The molecule has 0 radical (unpaired) electrons. The normalized spacial score (nSPS) is 10.9. The molecule has 0 aliphatic heterocycles. The molecule has 0 spiro atoms. The number of hydrogen-bond donors (Lipinski definition) is 0. The monoisotopic (exact) mass is 286 g/mol. The Bertz CT molecular complexity index is 687. The number of ketones is 1. The zero-order valence-electron chi connectivity index (χ0n) is 12.6. The molecule has 5 nitrogen and oxygen atoms in total. The molecule has 1 aromatic heterocycles. The van der Waals surface area contributed by atoms with Crippen molar-refractivity contribution in [3.8, 4) is 11.5 Å². The van der Waals surface area contributed by atoms with Crippen molar-refractivity contribution in [3.05, 3.63) is 47.3 Å². The summed E-state index contributed by atoms with van der Waals surface area (Å²) < 4.78 is 12.1. The Labute approximate surface area is 123 Å². The van der Waals surface area contributed by atoms with Crippen molar-refractivity contribution in [1.82, 2.24) is 9.78 Å². The van der Waals surface area contributed by atoms with Crippen LogP contribution in [0.2, 0.25) is 0 Å². The van der Waals surface area contributed by atoms with Gasteiger partial charge in [-0.15, -0.1) is 0 Å². The van der Waals surface area contributed by atoms with Crippen LogP contribution in [0.25, 0.3) is 6.08 Å². The van der Waals surface area contributed by atoms with Gasteiger partial charge in [0.1, 0.15) is 11.5 Å². The van der Waals surface area contributed by atoms with Gasteiger partial charge in [0.05, 0.1) is 25.5 Å². The van der Waals surface area contributed by atoms with E-state index in [1.54, 1.807) is 44.3 Å². The summed E-state index contributed by atoms with van der Waals surface area (Å²) in [5, 5.41) is 4.16. The van der Waals surface area contributed by atoms with Crippen LogP contribution in [0.1, 0.15) is 21.6 Å². The van der Waals surface area contributed by atoms with E-state index in [0.29, 0.717) is 22.8 Å². The van der Waals surface area contributed by atoms with Crippen molar-refractivity contribution in [2.45, 2.75) is 6.92 Å². The van der Waals surface area contributed by atoms with Crippen molar-refractivity contribution in [2.75, 3.05) is 14.2 Å². The van der Waals surface area contributed by atoms with E-state index in [9.17, 15) is 4.79 Å². The average Bonchev–Trinajstić information content (AvgIpc) is 2.83. The van der Waals surface area contributed by atoms with Crippen molar-refractivity contribution < 1.29 is 14.3 Å². The van der Waals surface area contributed by atoms with E-state index in [-0.39, 0.29) is 5.78 Å². The number of nitrogens with zero attached hydrogens (tertiary/aromatic N) is 2. The van der Waals surface area contributed by atoms with Gasteiger partial charge < -0.3 is 9.47 Å². The quantitative estimate of drug-likeness (QED) is 0.626. The van der Waals surface area contributed by atoms with Gasteiger partial charge in [0.15, 0.2) is 5.78 Å². The third-order valence-electron chi connectivity index (χ3n) is 3.13. The Morgan fingerprint density at radius 1 is 1.29 bits per heavy atom. The van der Waals surface area contributed by atoms with Gasteiger partial charge in [0, 0.05) is 24.9 Å². The summed E-state index contributed by atoms with van der Waals surface area (Å²) in [5.74, 6) is 1.28. The first-order valence-corrected chi connectivity index (χ1v) is 6.50. The van der Waals surface area contributed by atoms with Crippen LogP contribution in [0, 0.1) is 6.92 Å². The first-order chi connectivity index (χ1) is 10.0. The van der Waals surface area contributed by atoms with Crippen LogP contribution in [0.4, 0.5) is 0 Å². The minimum Gasteiger partial charge on any atom is -0.497 e. The Kier molecular flexibility index (Phi) is 4.42. The molecule has 2 aromatic rings. The van der Waals surface area contributed by atoms with Gasteiger partial charge in [-0.3, -0.25) is 9.48 Å². The molecule has 0 bridgehead atoms. The summed E-state index contributed by atoms with van der Waals surface area (Å²) in [6, 6.07) is 5.44. The van der Waals surface area contributed by atoms with Gasteiger partial charge in [0.2, 0.25) is 0 Å². The van der Waals surface area contributed by atoms with E-state index in [1.165, 1.54) is 6.08 Å². The van der Waals surface area contributed by atoms with Crippen molar-refractivity contribution >= 4 is 11.9 Å². The molecule has 0 saturated heterocycles. The summed E-state index contributed by atoms with van der Waals surface area (Å²) in [4.78, 5) is 12.2. The second-order valence-corrected chi connectivity index (χ2v) is 4.61. The topological polar surface area (TPSA) is 53.4 Å². The van der Waals surface area contributed by atoms with Gasteiger partial charge in [-0.25, -0.2) is 0 Å². The first-order valence-electron chi connectivity index (χ1n) is 6.50. The van der Waals surface area contributed by atoms with Crippen LogP contribution >= 0.6 is 0 Å². The number of carbonyl (C=O) groups is 1. The molecule has 0 unspecified atom stereocenters. The van der Waals surface area contributed by atoms with Crippen LogP contribution in [0.3, 0.4) is 0 Å². The average molecular weight is 286 g/mol. The lowest BCUT2D eigenvalue weighted by Gasteiger charge is -2.07. The number of hydrogen-bond acceptors (Lipinski definition) is 4.